The smallest absolute Gasteiger partial charge is 0.341 e. The van der Waals surface area contributed by atoms with Crippen LogP contribution in [0.1, 0.15) is 87.3 Å². The van der Waals surface area contributed by atoms with E-state index in [0.717, 1.165) is 16.8 Å². The third-order valence-corrected chi connectivity index (χ3v) is 4.50. The number of carbonyl (C=O) groups is 1. The maximum atomic E-state index is 13.3. The third-order valence-electron chi connectivity index (χ3n) is 4.50. The van der Waals surface area contributed by atoms with Crippen molar-refractivity contribution in [1.29, 1.82) is 5.26 Å². The maximum Gasteiger partial charge on any atom is 0.341 e. The number of pyridine rings is 1. The predicted molar refractivity (Wildman–Crippen MR) is 117 cm³/mol. The minimum Gasteiger partial charge on any atom is -0.456 e. The molecule has 1 aromatic carbocycles. The molecular formula is C25H32N2O2. The summed E-state index contributed by atoms with van der Waals surface area (Å²) in [5, 5.41) is 10.1. The van der Waals surface area contributed by atoms with Gasteiger partial charge in [-0.1, -0.05) is 57.5 Å². The van der Waals surface area contributed by atoms with E-state index in [1.807, 2.05) is 65.8 Å². The van der Waals surface area contributed by atoms with Gasteiger partial charge in [0.2, 0.25) is 0 Å². The lowest BCUT2D eigenvalue weighted by Gasteiger charge is -2.24. The number of nitriles is 1. The molecule has 1 aromatic heterocycles. The normalized spacial score (nSPS) is 11.6. The van der Waals surface area contributed by atoms with E-state index in [4.69, 9.17) is 9.72 Å². The third kappa shape index (κ3) is 5.44. The monoisotopic (exact) mass is 392 g/mol. The van der Waals surface area contributed by atoms with E-state index in [0.29, 0.717) is 34.7 Å². The van der Waals surface area contributed by atoms with E-state index < -0.39 is 11.6 Å². The second-order valence-corrected chi connectivity index (χ2v) is 9.30. The molecule has 0 aliphatic rings. The highest BCUT2D eigenvalue weighted by molar-refractivity contribution is 6.00. The Bertz CT molecular complexity index is 927. The van der Waals surface area contributed by atoms with Gasteiger partial charge in [-0.05, 0) is 51.5 Å². The first-order valence-corrected chi connectivity index (χ1v) is 10.2. The zero-order valence-corrected chi connectivity index (χ0v) is 18.9. The zero-order valence-electron chi connectivity index (χ0n) is 18.9. The van der Waals surface area contributed by atoms with Crippen molar-refractivity contribution in [3.05, 3.63) is 52.3 Å². The van der Waals surface area contributed by atoms with Gasteiger partial charge < -0.3 is 4.74 Å². The van der Waals surface area contributed by atoms with Crippen LogP contribution in [0.2, 0.25) is 0 Å². The van der Waals surface area contributed by atoms with Crippen LogP contribution in [0.4, 0.5) is 0 Å². The van der Waals surface area contributed by atoms with Crippen molar-refractivity contribution in [1.82, 2.24) is 4.98 Å². The second-order valence-electron chi connectivity index (χ2n) is 9.30. The van der Waals surface area contributed by atoms with Crippen LogP contribution in [0.3, 0.4) is 0 Å². The Balaban J connectivity index is 2.92. The van der Waals surface area contributed by atoms with Crippen molar-refractivity contribution in [2.75, 3.05) is 0 Å². The molecule has 2 rings (SSSR count). The van der Waals surface area contributed by atoms with Gasteiger partial charge in [-0.25, -0.2) is 4.79 Å². The molecule has 0 bridgehead atoms. The average molecular weight is 393 g/mol. The van der Waals surface area contributed by atoms with Crippen molar-refractivity contribution in [3.63, 3.8) is 0 Å². The molecule has 0 spiro atoms. The van der Waals surface area contributed by atoms with Gasteiger partial charge in [0.1, 0.15) is 11.7 Å². The fourth-order valence-electron chi connectivity index (χ4n) is 3.27. The number of hydrogen-bond donors (Lipinski definition) is 0. The van der Waals surface area contributed by atoms with Crippen LogP contribution < -0.4 is 0 Å². The number of aromatic nitrogens is 1. The highest BCUT2D eigenvalue weighted by Gasteiger charge is 2.30. The Morgan fingerprint density at radius 1 is 1.14 bits per heavy atom. The molecule has 29 heavy (non-hydrogen) atoms. The van der Waals surface area contributed by atoms with Gasteiger partial charge in [0.15, 0.2) is 0 Å². The van der Waals surface area contributed by atoms with E-state index in [1.165, 1.54) is 0 Å². The summed E-state index contributed by atoms with van der Waals surface area (Å²) in [4.78, 5) is 18.1. The summed E-state index contributed by atoms with van der Waals surface area (Å²) < 4.78 is 5.73. The largest absolute Gasteiger partial charge is 0.456 e. The predicted octanol–water partition coefficient (Wildman–Crippen LogP) is 6.21. The minimum absolute atomic E-state index is 0.0142. The summed E-state index contributed by atoms with van der Waals surface area (Å²) in [7, 11) is 0. The molecule has 0 saturated heterocycles. The molecule has 2 aromatic rings. The van der Waals surface area contributed by atoms with Gasteiger partial charge >= 0.3 is 5.97 Å². The van der Waals surface area contributed by atoms with Gasteiger partial charge in [-0.2, -0.15) is 5.26 Å². The molecule has 4 heteroatoms. The number of aryl methyl sites for hydroxylation is 1. The van der Waals surface area contributed by atoms with E-state index >= 15 is 0 Å². The van der Waals surface area contributed by atoms with Crippen molar-refractivity contribution in [2.24, 2.45) is 5.92 Å². The van der Waals surface area contributed by atoms with Crippen LogP contribution in [-0.2, 0) is 11.2 Å². The molecule has 0 radical (unpaired) electrons. The molecule has 1 heterocycles. The number of benzene rings is 1. The molecular weight excluding hydrogens is 360 g/mol. The lowest BCUT2D eigenvalue weighted by atomic mass is 9.88. The number of esters is 1. The first-order valence-electron chi connectivity index (χ1n) is 10.2. The quantitative estimate of drug-likeness (QED) is 0.568. The summed E-state index contributed by atoms with van der Waals surface area (Å²) in [6, 6.07) is 10.2. The standard InChI is InChI=1S/C25H32N2O2/c1-15(2)13-20-19(14-26)21(18-11-9-17(5)10-12-18)22(23(27-20)16(3)4)24(28)29-25(6,7)8/h9-12,15-16H,13H2,1-8H3. The van der Waals surface area contributed by atoms with Crippen molar-refractivity contribution in [2.45, 2.75) is 73.3 Å². The van der Waals surface area contributed by atoms with Gasteiger partial charge in [0, 0.05) is 5.56 Å². The van der Waals surface area contributed by atoms with Crippen LogP contribution >= 0.6 is 0 Å². The highest BCUT2D eigenvalue weighted by atomic mass is 16.6. The Hall–Kier alpha value is -2.67. The fourth-order valence-corrected chi connectivity index (χ4v) is 3.27. The van der Waals surface area contributed by atoms with E-state index in [1.54, 1.807) is 0 Å². The second kappa shape index (κ2) is 8.78. The SMILES string of the molecule is Cc1ccc(-c2c(C#N)c(CC(C)C)nc(C(C)C)c2C(=O)OC(C)(C)C)cc1. The molecule has 0 saturated carbocycles. The minimum atomic E-state index is -0.640. The van der Waals surface area contributed by atoms with Crippen LogP contribution in [0, 0.1) is 24.2 Å². The first kappa shape index (κ1) is 22.6. The number of hydrogen-bond acceptors (Lipinski definition) is 4. The summed E-state index contributed by atoms with van der Waals surface area (Å²) in [6.45, 7) is 15.8. The molecule has 0 N–H and O–H groups in total. The van der Waals surface area contributed by atoms with Gasteiger partial charge in [0.25, 0.3) is 0 Å². The Kier molecular flexibility index (Phi) is 6.85. The van der Waals surface area contributed by atoms with Gasteiger partial charge in [0.05, 0.1) is 22.5 Å². The van der Waals surface area contributed by atoms with Crippen LogP contribution in [0.5, 0.6) is 0 Å². The summed E-state index contributed by atoms with van der Waals surface area (Å²) >= 11 is 0. The molecule has 0 aliphatic heterocycles. The molecule has 154 valence electrons. The van der Waals surface area contributed by atoms with E-state index in [-0.39, 0.29) is 5.92 Å². The van der Waals surface area contributed by atoms with Crippen molar-refractivity contribution < 1.29 is 9.53 Å². The molecule has 0 amide bonds. The van der Waals surface area contributed by atoms with Crippen molar-refractivity contribution in [3.8, 4) is 17.2 Å². The highest BCUT2D eigenvalue weighted by Crippen LogP contribution is 2.36. The number of ether oxygens (including phenoxy) is 1. The summed E-state index contributed by atoms with van der Waals surface area (Å²) in [5.41, 5.74) is 4.25. The molecule has 0 atom stereocenters. The van der Waals surface area contributed by atoms with Crippen molar-refractivity contribution >= 4 is 5.97 Å². The molecule has 4 nitrogen and oxygen atoms in total. The average Bonchev–Trinajstić information content (AvgIpc) is 2.59. The molecule has 0 fully saturated rings. The lowest BCUT2D eigenvalue weighted by molar-refractivity contribution is 0.00682. The number of rotatable bonds is 5. The fraction of sp³-hybridized carbons (Fsp3) is 0.480. The summed E-state index contributed by atoms with van der Waals surface area (Å²) in [5.74, 6) is -0.0786. The molecule has 0 aliphatic carbocycles. The molecule has 0 unspecified atom stereocenters. The maximum absolute atomic E-state index is 13.3. The number of nitrogens with zero attached hydrogens (tertiary/aromatic N) is 2. The van der Waals surface area contributed by atoms with Crippen LogP contribution in [0.15, 0.2) is 24.3 Å². The zero-order chi connectivity index (χ0) is 21.9. The first-order chi connectivity index (χ1) is 13.4. The van der Waals surface area contributed by atoms with Gasteiger partial charge in [-0.3, -0.25) is 4.98 Å². The topological polar surface area (TPSA) is 63.0 Å². The van der Waals surface area contributed by atoms with Gasteiger partial charge in [-0.15, -0.1) is 0 Å². The van der Waals surface area contributed by atoms with E-state index in [9.17, 15) is 10.1 Å². The van der Waals surface area contributed by atoms with Crippen LogP contribution in [0.25, 0.3) is 11.1 Å². The Labute approximate surface area is 174 Å². The summed E-state index contributed by atoms with van der Waals surface area (Å²) in [6.07, 6.45) is 0.677. The van der Waals surface area contributed by atoms with Crippen LogP contribution in [-0.4, -0.2) is 16.6 Å². The van der Waals surface area contributed by atoms with E-state index in [2.05, 4.69) is 19.9 Å². The number of carbonyl (C=O) groups excluding carboxylic acids is 1. The lowest BCUT2D eigenvalue weighted by Crippen LogP contribution is -2.26. The Morgan fingerprint density at radius 2 is 1.72 bits per heavy atom. The Morgan fingerprint density at radius 3 is 2.17 bits per heavy atom.